The van der Waals surface area contributed by atoms with Crippen LogP contribution in [0.25, 0.3) is 33.4 Å². The third kappa shape index (κ3) is 11.5. The maximum atomic E-state index is 9.40. The standard InChI is InChI=1S/C30H37N.C28H30N2.C28H33N/c1-19(2)22-14-15-25-24(17-22)23-16-21(4)28(18-26(23)30(25,8)9)31(29(5,6)7)27-13-11-10-12-20(27)3;1-18-10-8-9-11-25(18)30(27(3,4)5)26-16-24-22(14-19(26)2)21-13-12-20(17-29)15-23(21)28(24,6)7;1-18-13-14-23-21(15-18)22-16-20(3)26(17-24(22)28(23,7)8)29(27(4,5)6)25-12-10-9-11-19(25)2/h10-19H,1-9H3;8-16H,1-7H3;9-17H,1-8H3. The average molecular weight is 1190 g/mol. The fourth-order valence-electron chi connectivity index (χ4n) is 14.9. The summed E-state index contributed by atoms with van der Waals surface area (Å²) in [5, 5.41) is 9.40. The monoisotopic (exact) mass is 1190 g/mol. The van der Waals surface area contributed by atoms with Crippen molar-refractivity contribution in [3.05, 3.63) is 247 Å². The van der Waals surface area contributed by atoms with E-state index in [1.165, 1.54) is 145 Å². The van der Waals surface area contributed by atoms with Crippen molar-refractivity contribution in [1.29, 1.82) is 5.26 Å². The van der Waals surface area contributed by atoms with E-state index < -0.39 is 0 Å². The normalized spacial score (nSPS) is 14.4. The van der Waals surface area contributed by atoms with Gasteiger partial charge in [0.1, 0.15) is 0 Å². The molecule has 0 aromatic heterocycles. The van der Waals surface area contributed by atoms with E-state index in [9.17, 15) is 5.26 Å². The Morgan fingerprint density at radius 3 is 1.00 bits per heavy atom. The van der Waals surface area contributed by atoms with E-state index in [0.29, 0.717) is 5.92 Å². The van der Waals surface area contributed by atoms with Crippen molar-refractivity contribution in [2.24, 2.45) is 0 Å². The minimum Gasteiger partial charge on any atom is -0.336 e. The van der Waals surface area contributed by atoms with E-state index >= 15 is 0 Å². The number of anilines is 6. The molecule has 12 rings (SSSR count). The van der Waals surface area contributed by atoms with Crippen LogP contribution < -0.4 is 14.7 Å². The molecule has 0 N–H and O–H groups in total. The van der Waals surface area contributed by atoms with Crippen LogP contribution in [0.2, 0.25) is 0 Å². The van der Waals surface area contributed by atoms with Crippen LogP contribution >= 0.6 is 0 Å². The summed E-state index contributed by atoms with van der Waals surface area (Å²) in [4.78, 5) is 7.51. The van der Waals surface area contributed by atoms with Crippen LogP contribution in [-0.2, 0) is 16.2 Å². The molecule has 3 aliphatic carbocycles. The summed E-state index contributed by atoms with van der Waals surface area (Å²) in [5.74, 6) is 0.537. The summed E-state index contributed by atoms with van der Waals surface area (Å²) < 4.78 is 0. The lowest BCUT2D eigenvalue weighted by atomic mass is 9.81. The molecule has 4 nitrogen and oxygen atoms in total. The van der Waals surface area contributed by atoms with Gasteiger partial charge in [0.05, 0.1) is 11.6 Å². The second-order valence-corrected chi connectivity index (χ2v) is 31.2. The topological polar surface area (TPSA) is 33.5 Å². The largest absolute Gasteiger partial charge is 0.336 e. The number of benzene rings is 9. The third-order valence-electron chi connectivity index (χ3n) is 19.8. The Balaban J connectivity index is 0.000000149. The van der Waals surface area contributed by atoms with Crippen molar-refractivity contribution >= 4 is 34.1 Å². The van der Waals surface area contributed by atoms with E-state index in [2.05, 4.69) is 345 Å². The summed E-state index contributed by atoms with van der Waals surface area (Å²) in [7, 11) is 0. The van der Waals surface area contributed by atoms with Gasteiger partial charge in [-0.1, -0.05) is 158 Å². The summed E-state index contributed by atoms with van der Waals surface area (Å²) in [6.45, 7) is 54.7. The second-order valence-electron chi connectivity index (χ2n) is 31.2. The van der Waals surface area contributed by atoms with Crippen molar-refractivity contribution in [2.45, 2.75) is 205 Å². The van der Waals surface area contributed by atoms with Gasteiger partial charge in [0.2, 0.25) is 0 Å². The first-order chi connectivity index (χ1) is 42.0. The molecule has 0 bridgehead atoms. The highest BCUT2D eigenvalue weighted by Crippen LogP contribution is 2.56. The van der Waals surface area contributed by atoms with Gasteiger partial charge in [-0.3, -0.25) is 0 Å². The van der Waals surface area contributed by atoms with Crippen LogP contribution in [0.1, 0.15) is 207 Å². The SMILES string of the molecule is Cc1ccc2c(c1)-c1cc(C)c(N(c3ccccc3C)C(C)(C)C)cc1C2(C)C.Cc1ccccc1N(c1cc2c(cc1C)-c1cc(C(C)C)ccc1C2(C)C)C(C)(C)C.Cc1ccccc1N(c1cc2c(cc1C)-c1ccc(C#N)cc1C2(C)C)C(C)(C)C. The van der Waals surface area contributed by atoms with Gasteiger partial charge in [-0.2, -0.15) is 5.26 Å². The Kier molecular flexibility index (Phi) is 16.8. The molecule has 464 valence electrons. The van der Waals surface area contributed by atoms with E-state index in [1.807, 2.05) is 6.07 Å². The van der Waals surface area contributed by atoms with Crippen molar-refractivity contribution in [3.8, 4) is 39.4 Å². The molecule has 0 aliphatic heterocycles. The predicted octanol–water partition coefficient (Wildman–Crippen LogP) is 23.9. The molecular formula is C86H100N4. The first-order valence-corrected chi connectivity index (χ1v) is 32.8. The summed E-state index contributed by atoms with van der Waals surface area (Å²) >= 11 is 0. The molecule has 0 fully saturated rings. The number of rotatable bonds is 7. The van der Waals surface area contributed by atoms with Crippen LogP contribution in [0.3, 0.4) is 0 Å². The number of nitriles is 1. The van der Waals surface area contributed by atoms with Crippen LogP contribution in [0, 0.1) is 59.8 Å². The predicted molar refractivity (Wildman–Crippen MR) is 389 cm³/mol. The smallest absolute Gasteiger partial charge is 0.0991 e. The molecule has 4 heteroatoms. The van der Waals surface area contributed by atoms with Crippen molar-refractivity contribution in [3.63, 3.8) is 0 Å². The molecule has 0 spiro atoms. The highest BCUT2D eigenvalue weighted by atomic mass is 15.2. The zero-order chi connectivity index (χ0) is 65.7. The van der Waals surface area contributed by atoms with Gasteiger partial charge < -0.3 is 14.7 Å². The number of hydrogen-bond acceptors (Lipinski definition) is 4. The van der Waals surface area contributed by atoms with Crippen molar-refractivity contribution in [1.82, 2.24) is 0 Å². The molecule has 0 saturated carbocycles. The Morgan fingerprint density at radius 2 is 0.644 bits per heavy atom. The first kappa shape index (κ1) is 64.8. The first-order valence-electron chi connectivity index (χ1n) is 32.8. The molecule has 0 atom stereocenters. The van der Waals surface area contributed by atoms with Gasteiger partial charge in [0, 0.05) is 67.0 Å². The average Bonchev–Trinajstić information content (AvgIpc) is 1.74. The van der Waals surface area contributed by atoms with Crippen LogP contribution in [0.5, 0.6) is 0 Å². The molecular weight excluding hydrogens is 1090 g/mol. The minimum atomic E-state index is -0.144. The molecule has 0 amide bonds. The summed E-state index contributed by atoms with van der Waals surface area (Å²) in [5.41, 5.74) is 35.2. The Hall–Kier alpha value is -8.13. The molecule has 0 heterocycles. The van der Waals surface area contributed by atoms with Gasteiger partial charge >= 0.3 is 0 Å². The van der Waals surface area contributed by atoms with Gasteiger partial charge in [-0.05, 0) is 289 Å². The minimum absolute atomic E-state index is 0.00207. The Labute approximate surface area is 542 Å². The maximum absolute atomic E-state index is 9.40. The number of aryl methyl sites for hydroxylation is 7. The molecule has 9 aromatic carbocycles. The van der Waals surface area contributed by atoms with Crippen molar-refractivity contribution in [2.75, 3.05) is 14.7 Å². The van der Waals surface area contributed by atoms with Gasteiger partial charge in [-0.25, -0.2) is 0 Å². The maximum Gasteiger partial charge on any atom is 0.0991 e. The number of hydrogen-bond donors (Lipinski definition) is 0. The van der Waals surface area contributed by atoms with E-state index in [-0.39, 0.29) is 32.9 Å². The fraction of sp³-hybridized carbons (Fsp3) is 0.360. The number of fused-ring (bicyclic) bond motifs is 9. The highest BCUT2D eigenvalue weighted by Gasteiger charge is 2.41. The quantitative estimate of drug-likeness (QED) is 0.159. The van der Waals surface area contributed by atoms with Crippen LogP contribution in [-0.4, -0.2) is 16.6 Å². The zero-order valence-electron chi connectivity index (χ0n) is 59.0. The number of nitrogens with zero attached hydrogens (tertiary/aromatic N) is 4. The molecule has 0 saturated heterocycles. The fourth-order valence-corrected chi connectivity index (χ4v) is 14.9. The van der Waals surface area contributed by atoms with E-state index in [1.54, 1.807) is 0 Å². The summed E-state index contributed by atoms with van der Waals surface area (Å²) in [6.07, 6.45) is 0. The summed E-state index contributed by atoms with van der Waals surface area (Å²) in [6, 6.07) is 63.0. The van der Waals surface area contributed by atoms with E-state index in [0.717, 1.165) is 5.56 Å². The van der Waals surface area contributed by atoms with Gasteiger partial charge in [0.25, 0.3) is 0 Å². The lowest BCUT2D eigenvalue weighted by molar-refractivity contribution is 0.557. The molecule has 90 heavy (non-hydrogen) atoms. The second kappa shape index (κ2) is 23.3. The highest BCUT2D eigenvalue weighted by molar-refractivity contribution is 5.89. The van der Waals surface area contributed by atoms with E-state index in [4.69, 9.17) is 0 Å². The lowest BCUT2D eigenvalue weighted by Crippen LogP contribution is -2.38. The Bertz CT molecular complexity index is 4300. The lowest BCUT2D eigenvalue weighted by Gasteiger charge is -2.40. The molecule has 0 unspecified atom stereocenters. The molecule has 0 radical (unpaired) electrons. The van der Waals surface area contributed by atoms with Crippen LogP contribution in [0.15, 0.2) is 164 Å². The van der Waals surface area contributed by atoms with Gasteiger partial charge in [0.15, 0.2) is 0 Å². The number of para-hydroxylation sites is 3. The molecule has 3 aliphatic rings. The van der Waals surface area contributed by atoms with Crippen molar-refractivity contribution < 1.29 is 0 Å². The van der Waals surface area contributed by atoms with Crippen LogP contribution in [0.4, 0.5) is 34.1 Å². The van der Waals surface area contributed by atoms with Gasteiger partial charge in [-0.15, -0.1) is 0 Å². The third-order valence-corrected chi connectivity index (χ3v) is 19.8. The molecule has 9 aromatic rings. The zero-order valence-corrected chi connectivity index (χ0v) is 59.0. The Morgan fingerprint density at radius 1 is 0.322 bits per heavy atom.